The van der Waals surface area contributed by atoms with E-state index in [0.717, 1.165) is 4.88 Å². The Morgan fingerprint density at radius 3 is 2.84 bits per heavy atom. The van der Waals surface area contributed by atoms with Gasteiger partial charge in [-0.1, -0.05) is 0 Å². The first-order valence-electron chi connectivity index (χ1n) is 5.93. The second kappa shape index (κ2) is 5.83. The molecule has 0 spiro atoms. The maximum absolute atomic E-state index is 12.1. The monoisotopic (exact) mass is 300 g/mol. The Kier molecular flexibility index (Phi) is 4.36. The lowest BCUT2D eigenvalue weighted by molar-refractivity contribution is -0.140. The predicted molar refractivity (Wildman–Crippen MR) is 76.6 cm³/mol. The second-order valence-corrected chi connectivity index (χ2v) is 6.76. The minimum Gasteiger partial charge on any atom is -0.480 e. The fourth-order valence-corrected chi connectivity index (χ4v) is 3.90. The van der Waals surface area contributed by atoms with Gasteiger partial charge in [-0.25, -0.2) is 9.59 Å². The average molecular weight is 300 g/mol. The molecule has 0 aromatic carbocycles. The number of hydrogen-bond acceptors (Lipinski definition) is 4. The van der Waals surface area contributed by atoms with Crippen molar-refractivity contribution in [1.82, 2.24) is 10.2 Å². The van der Waals surface area contributed by atoms with E-state index in [-0.39, 0.29) is 12.1 Å². The summed E-state index contributed by atoms with van der Waals surface area (Å²) in [6.07, 6.45) is 0. The lowest BCUT2D eigenvalue weighted by Gasteiger charge is -2.23. The molecule has 2 amide bonds. The summed E-state index contributed by atoms with van der Waals surface area (Å²) in [7, 11) is 0. The number of carboxylic acid groups (broad SMARTS) is 1. The van der Waals surface area contributed by atoms with Crippen LogP contribution in [-0.4, -0.2) is 39.7 Å². The van der Waals surface area contributed by atoms with Gasteiger partial charge < -0.3 is 15.3 Å². The van der Waals surface area contributed by atoms with Crippen LogP contribution in [0.15, 0.2) is 12.1 Å². The lowest BCUT2D eigenvalue weighted by Crippen LogP contribution is -2.47. The lowest BCUT2D eigenvalue weighted by atomic mass is 10.2. The predicted octanol–water partition coefficient (Wildman–Crippen LogP) is 2.29. The van der Waals surface area contributed by atoms with Crippen molar-refractivity contribution in [2.75, 3.05) is 11.6 Å². The number of rotatable bonds is 3. The molecule has 1 aromatic rings. The van der Waals surface area contributed by atoms with Gasteiger partial charge in [0, 0.05) is 15.5 Å². The number of thioether (sulfide) groups is 1. The molecule has 0 radical (unpaired) electrons. The van der Waals surface area contributed by atoms with Gasteiger partial charge in [0.25, 0.3) is 0 Å². The van der Waals surface area contributed by atoms with E-state index in [4.69, 9.17) is 5.11 Å². The van der Waals surface area contributed by atoms with Crippen molar-refractivity contribution in [2.24, 2.45) is 0 Å². The van der Waals surface area contributed by atoms with Crippen LogP contribution >= 0.6 is 23.1 Å². The van der Waals surface area contributed by atoms with E-state index in [2.05, 4.69) is 5.32 Å². The number of carbonyl (C=O) groups excluding carboxylic acids is 1. The van der Waals surface area contributed by atoms with E-state index in [1.54, 1.807) is 11.3 Å². The molecule has 1 aromatic heterocycles. The van der Waals surface area contributed by atoms with Crippen molar-refractivity contribution in [1.29, 1.82) is 0 Å². The largest absolute Gasteiger partial charge is 0.480 e. The van der Waals surface area contributed by atoms with E-state index in [0.29, 0.717) is 11.6 Å². The maximum Gasteiger partial charge on any atom is 0.327 e. The van der Waals surface area contributed by atoms with Gasteiger partial charge in [0.2, 0.25) is 0 Å². The van der Waals surface area contributed by atoms with Gasteiger partial charge in [0.1, 0.15) is 6.04 Å². The molecule has 0 saturated carbocycles. The van der Waals surface area contributed by atoms with Crippen LogP contribution in [0.25, 0.3) is 0 Å². The zero-order valence-electron chi connectivity index (χ0n) is 10.8. The van der Waals surface area contributed by atoms with E-state index < -0.39 is 12.0 Å². The highest BCUT2D eigenvalue weighted by Gasteiger charge is 2.35. The Morgan fingerprint density at radius 2 is 2.26 bits per heavy atom. The quantitative estimate of drug-likeness (QED) is 0.898. The Labute approximate surface area is 120 Å². The number of aliphatic carboxylic acids is 1. The second-order valence-electron chi connectivity index (χ2n) is 4.44. The first kappa shape index (κ1) is 14.2. The van der Waals surface area contributed by atoms with Gasteiger partial charge in [-0.15, -0.1) is 23.1 Å². The zero-order chi connectivity index (χ0) is 14.0. The van der Waals surface area contributed by atoms with Crippen LogP contribution < -0.4 is 5.32 Å². The Hall–Kier alpha value is -1.21. The number of amides is 2. The normalized spacial score (nSPS) is 20.3. The highest BCUT2D eigenvalue weighted by atomic mass is 32.2. The maximum atomic E-state index is 12.1. The molecule has 2 unspecified atom stereocenters. The molecule has 2 heterocycles. The van der Waals surface area contributed by atoms with E-state index in [1.165, 1.54) is 21.5 Å². The number of hydrogen-bond donors (Lipinski definition) is 2. The van der Waals surface area contributed by atoms with E-state index >= 15 is 0 Å². The molecule has 0 aliphatic carbocycles. The van der Waals surface area contributed by atoms with Crippen LogP contribution in [0.4, 0.5) is 4.79 Å². The summed E-state index contributed by atoms with van der Waals surface area (Å²) in [5.41, 5.74) is 0. The molecule has 5 nitrogen and oxygen atoms in total. The number of thiophene rings is 1. The number of nitrogens with zero attached hydrogens (tertiary/aromatic N) is 1. The molecule has 1 fully saturated rings. The van der Waals surface area contributed by atoms with Crippen molar-refractivity contribution >= 4 is 35.1 Å². The SMILES string of the molecule is Cc1ccc(C(C)NC(=O)N2CSCC2C(=O)O)s1. The van der Waals surface area contributed by atoms with Crippen molar-refractivity contribution < 1.29 is 14.7 Å². The Balaban J connectivity index is 1.99. The Morgan fingerprint density at radius 1 is 1.53 bits per heavy atom. The summed E-state index contributed by atoms with van der Waals surface area (Å²) in [6.45, 7) is 3.92. The first-order valence-corrected chi connectivity index (χ1v) is 7.90. The van der Waals surface area contributed by atoms with Crippen molar-refractivity contribution in [3.8, 4) is 0 Å². The molecule has 1 saturated heterocycles. The van der Waals surface area contributed by atoms with Crippen LogP contribution in [0.2, 0.25) is 0 Å². The summed E-state index contributed by atoms with van der Waals surface area (Å²) in [5.74, 6) is -0.0615. The van der Waals surface area contributed by atoms with E-state index in [1.807, 2.05) is 26.0 Å². The minimum absolute atomic E-state index is 0.105. The molecule has 1 aliphatic heterocycles. The summed E-state index contributed by atoms with van der Waals surface area (Å²) in [5, 5.41) is 11.9. The minimum atomic E-state index is -0.945. The number of carbonyl (C=O) groups is 2. The summed E-state index contributed by atoms with van der Waals surface area (Å²) < 4.78 is 0. The van der Waals surface area contributed by atoms with Gasteiger partial charge >= 0.3 is 12.0 Å². The molecule has 7 heteroatoms. The standard InChI is InChI=1S/C12H16N2O3S2/c1-7-3-4-10(19-7)8(2)13-12(17)14-6-18-5-9(14)11(15)16/h3-4,8-9H,5-6H2,1-2H3,(H,13,17)(H,15,16). The molecule has 2 atom stereocenters. The van der Waals surface area contributed by atoms with Crippen LogP contribution in [0.5, 0.6) is 0 Å². The van der Waals surface area contributed by atoms with Gasteiger partial charge in [-0.2, -0.15) is 0 Å². The van der Waals surface area contributed by atoms with Crippen LogP contribution in [0.3, 0.4) is 0 Å². The van der Waals surface area contributed by atoms with Crippen molar-refractivity contribution in [2.45, 2.75) is 25.9 Å². The topological polar surface area (TPSA) is 69.6 Å². The first-order chi connectivity index (χ1) is 8.99. The van der Waals surface area contributed by atoms with Crippen LogP contribution in [-0.2, 0) is 4.79 Å². The molecular weight excluding hydrogens is 284 g/mol. The number of aryl methyl sites for hydroxylation is 1. The summed E-state index contributed by atoms with van der Waals surface area (Å²) >= 11 is 3.09. The molecule has 2 N–H and O–H groups in total. The summed E-state index contributed by atoms with van der Waals surface area (Å²) in [4.78, 5) is 26.8. The average Bonchev–Trinajstić information content (AvgIpc) is 2.96. The highest BCUT2D eigenvalue weighted by molar-refractivity contribution is 7.99. The van der Waals surface area contributed by atoms with Gasteiger partial charge in [-0.05, 0) is 26.0 Å². The third-order valence-electron chi connectivity index (χ3n) is 2.96. The van der Waals surface area contributed by atoms with Crippen molar-refractivity contribution in [3.05, 3.63) is 21.9 Å². The summed E-state index contributed by atoms with van der Waals surface area (Å²) in [6, 6.07) is 2.86. The number of urea groups is 1. The number of nitrogens with one attached hydrogen (secondary N) is 1. The van der Waals surface area contributed by atoms with Gasteiger partial charge in [0.15, 0.2) is 0 Å². The van der Waals surface area contributed by atoms with Crippen molar-refractivity contribution in [3.63, 3.8) is 0 Å². The Bertz CT molecular complexity index is 489. The number of carboxylic acids is 1. The van der Waals surface area contributed by atoms with E-state index in [9.17, 15) is 9.59 Å². The molecule has 19 heavy (non-hydrogen) atoms. The van der Waals surface area contributed by atoms with Gasteiger partial charge in [0.05, 0.1) is 11.9 Å². The fraction of sp³-hybridized carbons (Fsp3) is 0.500. The molecule has 2 rings (SSSR count). The van der Waals surface area contributed by atoms with Gasteiger partial charge in [-0.3, -0.25) is 0 Å². The third kappa shape index (κ3) is 3.22. The molecular formula is C12H16N2O3S2. The zero-order valence-corrected chi connectivity index (χ0v) is 12.4. The molecule has 0 bridgehead atoms. The molecule has 1 aliphatic rings. The van der Waals surface area contributed by atoms with Crippen LogP contribution in [0.1, 0.15) is 22.7 Å². The highest BCUT2D eigenvalue weighted by Crippen LogP contribution is 2.24. The molecule has 104 valence electrons. The fourth-order valence-electron chi connectivity index (χ4n) is 1.87. The third-order valence-corrected chi connectivity index (χ3v) is 5.15. The van der Waals surface area contributed by atoms with Crippen LogP contribution in [0, 0.1) is 6.92 Å². The smallest absolute Gasteiger partial charge is 0.327 e.